The number of benzene rings is 2. The second-order valence-corrected chi connectivity index (χ2v) is 7.72. The average Bonchev–Trinajstić information content (AvgIpc) is 2.71. The molecule has 0 spiro atoms. The van der Waals surface area contributed by atoms with E-state index in [9.17, 15) is 13.2 Å². The number of anilines is 1. The minimum Gasteiger partial charge on any atom is -0.493 e. The van der Waals surface area contributed by atoms with Crippen LogP contribution in [-0.2, 0) is 26.0 Å². The molecule has 2 aromatic rings. The smallest absolute Gasteiger partial charge is 0.326 e. The molecule has 0 aliphatic rings. The van der Waals surface area contributed by atoms with E-state index in [0.717, 1.165) is 16.3 Å². The topological polar surface area (TPSA) is 82.1 Å². The Morgan fingerprint density at radius 2 is 1.61 bits per heavy atom. The Morgan fingerprint density at radius 1 is 0.964 bits per heavy atom. The van der Waals surface area contributed by atoms with Gasteiger partial charge in [0, 0.05) is 6.07 Å². The molecule has 0 N–H and O–H groups in total. The van der Waals surface area contributed by atoms with Gasteiger partial charge in [-0.15, -0.1) is 0 Å². The van der Waals surface area contributed by atoms with Crippen molar-refractivity contribution in [2.75, 3.05) is 31.7 Å². The van der Waals surface area contributed by atoms with Crippen molar-refractivity contribution < 1.29 is 27.4 Å². The number of aryl methyl sites for hydroxylation is 1. The van der Waals surface area contributed by atoms with Gasteiger partial charge in [-0.3, -0.25) is 9.10 Å². The van der Waals surface area contributed by atoms with E-state index in [2.05, 4.69) is 0 Å². The van der Waals surface area contributed by atoms with E-state index in [1.54, 1.807) is 19.1 Å². The first-order valence-corrected chi connectivity index (χ1v) is 10.3. The Kier molecular flexibility index (Phi) is 7.28. The Bertz CT molecular complexity index is 909. The number of hydrogen-bond donors (Lipinski definition) is 0. The van der Waals surface area contributed by atoms with Gasteiger partial charge in [-0.2, -0.15) is 0 Å². The van der Waals surface area contributed by atoms with Crippen LogP contribution < -0.4 is 13.8 Å². The van der Waals surface area contributed by atoms with Gasteiger partial charge in [0.1, 0.15) is 6.54 Å². The minimum atomic E-state index is -4.05. The number of sulfonamides is 1. The van der Waals surface area contributed by atoms with Crippen molar-refractivity contribution in [2.45, 2.75) is 25.2 Å². The lowest BCUT2D eigenvalue weighted by Gasteiger charge is -2.24. The lowest BCUT2D eigenvalue weighted by Crippen LogP contribution is -2.36. The molecule has 0 atom stereocenters. The van der Waals surface area contributed by atoms with Crippen molar-refractivity contribution in [3.8, 4) is 11.5 Å². The quantitative estimate of drug-likeness (QED) is 0.594. The van der Waals surface area contributed by atoms with Crippen molar-refractivity contribution in [1.82, 2.24) is 0 Å². The van der Waals surface area contributed by atoms with Gasteiger partial charge in [-0.25, -0.2) is 8.42 Å². The fraction of sp³-hybridized carbons (Fsp3) is 0.350. The van der Waals surface area contributed by atoms with Crippen LogP contribution in [-0.4, -0.2) is 41.8 Å². The minimum absolute atomic E-state index is 0.0194. The Hall–Kier alpha value is -2.74. The molecule has 152 valence electrons. The second kappa shape index (κ2) is 9.45. The van der Waals surface area contributed by atoms with Crippen LogP contribution in [0.3, 0.4) is 0 Å². The highest BCUT2D eigenvalue weighted by molar-refractivity contribution is 7.92. The van der Waals surface area contributed by atoms with E-state index in [1.807, 2.05) is 19.1 Å². The van der Waals surface area contributed by atoms with Crippen molar-refractivity contribution in [3.05, 3.63) is 48.0 Å². The third-order valence-electron chi connectivity index (χ3n) is 4.15. The van der Waals surface area contributed by atoms with Gasteiger partial charge in [-0.1, -0.05) is 19.1 Å². The maximum atomic E-state index is 13.3. The molecule has 28 heavy (non-hydrogen) atoms. The van der Waals surface area contributed by atoms with Crippen molar-refractivity contribution >= 4 is 21.7 Å². The zero-order valence-electron chi connectivity index (χ0n) is 16.5. The molecule has 0 aromatic heterocycles. The lowest BCUT2D eigenvalue weighted by molar-refractivity contribution is -0.141. The fourth-order valence-corrected chi connectivity index (χ4v) is 4.07. The maximum absolute atomic E-state index is 13.3. The molecule has 8 heteroatoms. The largest absolute Gasteiger partial charge is 0.493 e. The number of ether oxygens (including phenoxy) is 3. The summed E-state index contributed by atoms with van der Waals surface area (Å²) in [7, 11) is -1.16. The molecular weight excluding hydrogens is 382 g/mol. The summed E-state index contributed by atoms with van der Waals surface area (Å²) in [6.45, 7) is 3.40. The summed E-state index contributed by atoms with van der Waals surface area (Å²) in [5.74, 6) is 0.0535. The van der Waals surface area contributed by atoms with Crippen LogP contribution >= 0.6 is 0 Å². The predicted molar refractivity (Wildman–Crippen MR) is 107 cm³/mol. The van der Waals surface area contributed by atoms with Crippen LogP contribution in [0.15, 0.2) is 47.4 Å². The standard InChI is InChI=1S/C20H25NO6S/c1-5-15-7-9-16(10-8-15)21(14-20(22)27-6-2)28(23,24)17-11-12-18(25-3)19(13-17)26-4/h7-13H,5-6,14H2,1-4H3. The van der Waals surface area contributed by atoms with Gasteiger partial charge in [0.25, 0.3) is 10.0 Å². The Morgan fingerprint density at radius 3 is 2.14 bits per heavy atom. The number of esters is 1. The predicted octanol–water partition coefficient (Wildman–Crippen LogP) is 3.02. The highest BCUT2D eigenvalue weighted by atomic mass is 32.2. The van der Waals surface area contributed by atoms with Crippen molar-refractivity contribution in [1.29, 1.82) is 0 Å². The van der Waals surface area contributed by atoms with Crippen LogP contribution in [0.1, 0.15) is 19.4 Å². The Balaban J connectivity index is 2.52. The van der Waals surface area contributed by atoms with E-state index < -0.39 is 22.5 Å². The summed E-state index contributed by atoms with van der Waals surface area (Å²) in [5.41, 5.74) is 1.43. The average molecular weight is 407 g/mol. The molecule has 0 amide bonds. The molecule has 0 saturated heterocycles. The number of hydrogen-bond acceptors (Lipinski definition) is 6. The molecule has 0 unspecified atom stereocenters. The summed E-state index contributed by atoms with van der Waals surface area (Å²) < 4.78 is 43.0. The molecule has 0 heterocycles. The third-order valence-corrected chi connectivity index (χ3v) is 5.92. The summed E-state index contributed by atoms with van der Waals surface area (Å²) in [4.78, 5) is 12.1. The van der Waals surface area contributed by atoms with Gasteiger partial charge in [0.05, 0.1) is 31.4 Å². The summed E-state index contributed by atoms with van der Waals surface area (Å²) in [6.07, 6.45) is 0.820. The lowest BCUT2D eigenvalue weighted by atomic mass is 10.1. The molecule has 0 fully saturated rings. The van der Waals surface area contributed by atoms with E-state index in [1.165, 1.54) is 32.4 Å². The van der Waals surface area contributed by atoms with E-state index in [0.29, 0.717) is 11.4 Å². The third kappa shape index (κ3) is 4.75. The summed E-state index contributed by atoms with van der Waals surface area (Å²) in [6, 6.07) is 11.3. The number of rotatable bonds is 9. The molecule has 0 saturated carbocycles. The highest BCUT2D eigenvalue weighted by Gasteiger charge is 2.28. The SMILES string of the molecule is CCOC(=O)CN(c1ccc(CC)cc1)S(=O)(=O)c1ccc(OC)c(OC)c1. The fourth-order valence-electron chi connectivity index (χ4n) is 2.64. The number of carbonyl (C=O) groups is 1. The second-order valence-electron chi connectivity index (χ2n) is 5.85. The molecular formula is C20H25NO6S. The van der Waals surface area contributed by atoms with Crippen LogP contribution in [0.25, 0.3) is 0 Å². The zero-order valence-corrected chi connectivity index (χ0v) is 17.3. The number of methoxy groups -OCH3 is 2. The van der Waals surface area contributed by atoms with Gasteiger partial charge in [-0.05, 0) is 43.2 Å². The molecule has 2 rings (SSSR count). The number of carbonyl (C=O) groups excluding carboxylic acids is 1. The molecule has 0 aliphatic heterocycles. The van der Waals surface area contributed by atoms with Crippen LogP contribution in [0.2, 0.25) is 0 Å². The summed E-state index contributed by atoms with van der Waals surface area (Å²) in [5, 5.41) is 0. The molecule has 0 aliphatic carbocycles. The molecule has 2 aromatic carbocycles. The van der Waals surface area contributed by atoms with Gasteiger partial charge >= 0.3 is 5.97 Å². The normalized spacial score (nSPS) is 11.0. The number of nitrogens with zero attached hydrogens (tertiary/aromatic N) is 1. The van der Waals surface area contributed by atoms with Crippen LogP contribution in [0, 0.1) is 0 Å². The summed E-state index contributed by atoms with van der Waals surface area (Å²) >= 11 is 0. The Labute approximate surface area is 165 Å². The van der Waals surface area contributed by atoms with E-state index in [4.69, 9.17) is 14.2 Å². The van der Waals surface area contributed by atoms with Gasteiger partial charge in [0.15, 0.2) is 11.5 Å². The first-order valence-electron chi connectivity index (χ1n) is 8.86. The first kappa shape index (κ1) is 21.6. The molecule has 7 nitrogen and oxygen atoms in total. The van der Waals surface area contributed by atoms with Crippen molar-refractivity contribution in [2.24, 2.45) is 0 Å². The monoisotopic (exact) mass is 407 g/mol. The van der Waals surface area contributed by atoms with Crippen LogP contribution in [0.4, 0.5) is 5.69 Å². The highest BCUT2D eigenvalue weighted by Crippen LogP contribution is 2.32. The molecule has 0 bridgehead atoms. The van der Waals surface area contributed by atoms with E-state index in [-0.39, 0.29) is 17.3 Å². The first-order chi connectivity index (χ1) is 13.4. The molecule has 0 radical (unpaired) electrons. The van der Waals surface area contributed by atoms with Gasteiger partial charge in [0.2, 0.25) is 0 Å². The van der Waals surface area contributed by atoms with E-state index >= 15 is 0 Å². The van der Waals surface area contributed by atoms with Gasteiger partial charge < -0.3 is 14.2 Å². The van der Waals surface area contributed by atoms with Crippen LogP contribution in [0.5, 0.6) is 11.5 Å². The maximum Gasteiger partial charge on any atom is 0.326 e. The van der Waals surface area contributed by atoms with Crippen molar-refractivity contribution in [3.63, 3.8) is 0 Å². The zero-order chi connectivity index (χ0) is 20.7.